The van der Waals surface area contributed by atoms with Crippen LogP contribution < -0.4 is 11.1 Å². The molecule has 3 aromatic heterocycles. The van der Waals surface area contributed by atoms with E-state index in [1.807, 2.05) is 24.3 Å². The lowest BCUT2D eigenvalue weighted by molar-refractivity contribution is 0.0951. The van der Waals surface area contributed by atoms with Gasteiger partial charge in [0.15, 0.2) is 11.4 Å². The van der Waals surface area contributed by atoms with Gasteiger partial charge in [0.1, 0.15) is 5.82 Å². The lowest BCUT2D eigenvalue weighted by atomic mass is 10.2. The van der Waals surface area contributed by atoms with Crippen LogP contribution in [0.4, 0.5) is 5.82 Å². The molecule has 0 saturated carbocycles. The van der Waals surface area contributed by atoms with Gasteiger partial charge in [-0.1, -0.05) is 34.1 Å². The largest absolute Gasteiger partial charge is 0.461 e. The first-order chi connectivity index (χ1) is 12.6. The van der Waals surface area contributed by atoms with Crippen molar-refractivity contribution in [3.63, 3.8) is 0 Å². The van der Waals surface area contributed by atoms with Crippen molar-refractivity contribution in [2.45, 2.75) is 6.54 Å². The van der Waals surface area contributed by atoms with Crippen LogP contribution in [0.15, 0.2) is 63.7 Å². The van der Waals surface area contributed by atoms with Crippen LogP contribution in [0.1, 0.15) is 15.9 Å². The van der Waals surface area contributed by atoms with E-state index >= 15 is 0 Å². The summed E-state index contributed by atoms with van der Waals surface area (Å²) >= 11 is 3.47. The number of benzene rings is 1. The molecule has 0 unspecified atom stereocenters. The van der Waals surface area contributed by atoms with Crippen molar-refractivity contribution in [1.82, 2.24) is 19.9 Å². The van der Waals surface area contributed by atoms with Crippen molar-refractivity contribution >= 4 is 33.3 Å². The Bertz CT molecular complexity index is 1090. The molecule has 130 valence electrons. The second kappa shape index (κ2) is 6.64. The maximum absolute atomic E-state index is 12.5. The highest BCUT2D eigenvalue weighted by Crippen LogP contribution is 2.20. The summed E-state index contributed by atoms with van der Waals surface area (Å²) in [5.41, 5.74) is 7.91. The summed E-state index contributed by atoms with van der Waals surface area (Å²) in [5, 5.41) is 7.19. The summed E-state index contributed by atoms with van der Waals surface area (Å²) in [4.78, 5) is 16.9. The van der Waals surface area contributed by atoms with Gasteiger partial charge in [0, 0.05) is 16.6 Å². The van der Waals surface area contributed by atoms with Crippen molar-refractivity contribution in [2.24, 2.45) is 0 Å². The van der Waals surface area contributed by atoms with Crippen LogP contribution in [-0.2, 0) is 6.54 Å². The molecule has 8 heteroatoms. The highest BCUT2D eigenvalue weighted by Gasteiger charge is 2.14. The smallest absolute Gasteiger partial charge is 0.251 e. The Morgan fingerprint density at radius 3 is 2.85 bits per heavy atom. The van der Waals surface area contributed by atoms with E-state index in [0.29, 0.717) is 35.2 Å². The Labute approximate surface area is 157 Å². The fourth-order valence-electron chi connectivity index (χ4n) is 2.57. The van der Waals surface area contributed by atoms with E-state index in [0.717, 1.165) is 10.0 Å². The molecular formula is C18H14BrN5O2. The van der Waals surface area contributed by atoms with Crippen LogP contribution in [0.5, 0.6) is 0 Å². The highest BCUT2D eigenvalue weighted by molar-refractivity contribution is 9.10. The van der Waals surface area contributed by atoms with Gasteiger partial charge in [-0.05, 0) is 35.9 Å². The van der Waals surface area contributed by atoms with E-state index in [2.05, 4.69) is 31.3 Å². The molecule has 1 amide bonds. The molecule has 3 heterocycles. The molecule has 4 aromatic rings. The van der Waals surface area contributed by atoms with Crippen LogP contribution in [0.3, 0.4) is 0 Å². The number of pyridine rings is 1. The molecule has 0 aliphatic carbocycles. The number of rotatable bonds is 4. The number of carbonyl (C=O) groups excluding carboxylic acids is 1. The Kier molecular flexibility index (Phi) is 4.18. The average Bonchev–Trinajstić information content (AvgIpc) is 3.30. The van der Waals surface area contributed by atoms with Gasteiger partial charge in [-0.15, -0.1) is 5.10 Å². The monoisotopic (exact) mass is 411 g/mol. The second-order valence-corrected chi connectivity index (χ2v) is 6.48. The number of hydrogen-bond acceptors (Lipinski definition) is 5. The topological polar surface area (TPSA) is 98.5 Å². The third-order valence-electron chi connectivity index (χ3n) is 3.87. The summed E-state index contributed by atoms with van der Waals surface area (Å²) in [7, 11) is 0. The molecule has 4 rings (SSSR count). The van der Waals surface area contributed by atoms with Crippen LogP contribution in [0, 0.1) is 0 Å². The van der Waals surface area contributed by atoms with Gasteiger partial charge < -0.3 is 15.5 Å². The first kappa shape index (κ1) is 16.3. The number of nitrogens with two attached hydrogens (primary N) is 1. The number of nitrogens with zero attached hydrogens (tertiary/aromatic N) is 3. The van der Waals surface area contributed by atoms with Gasteiger partial charge in [0.05, 0.1) is 6.26 Å². The zero-order chi connectivity index (χ0) is 18.1. The Hall–Kier alpha value is -3.13. The van der Waals surface area contributed by atoms with E-state index < -0.39 is 0 Å². The molecule has 0 aliphatic rings. The zero-order valence-corrected chi connectivity index (χ0v) is 15.1. The summed E-state index contributed by atoms with van der Waals surface area (Å²) in [6, 6.07) is 14.4. The maximum atomic E-state index is 12.5. The first-order valence-electron chi connectivity index (χ1n) is 7.83. The number of furan rings is 1. The van der Waals surface area contributed by atoms with E-state index in [4.69, 9.17) is 10.2 Å². The molecule has 0 atom stereocenters. The standard InChI is InChI=1S/C18H14BrN5O2/c19-13-5-2-1-4-11(13)10-21-18(25)12-8-15(20)24-16(9-12)22-17(23-24)14-6-3-7-26-14/h1-9H,10,20H2,(H,21,25). The number of amides is 1. The van der Waals surface area contributed by atoms with Crippen LogP contribution >= 0.6 is 15.9 Å². The molecule has 0 saturated heterocycles. The molecule has 0 radical (unpaired) electrons. The van der Waals surface area contributed by atoms with Crippen LogP contribution in [0.25, 0.3) is 17.2 Å². The zero-order valence-electron chi connectivity index (χ0n) is 13.5. The third-order valence-corrected chi connectivity index (χ3v) is 4.64. The fourth-order valence-corrected chi connectivity index (χ4v) is 2.99. The Balaban J connectivity index is 1.60. The minimum absolute atomic E-state index is 0.238. The maximum Gasteiger partial charge on any atom is 0.251 e. The molecule has 26 heavy (non-hydrogen) atoms. The Morgan fingerprint density at radius 2 is 2.08 bits per heavy atom. The van der Waals surface area contributed by atoms with Gasteiger partial charge >= 0.3 is 0 Å². The SMILES string of the molecule is Nc1cc(C(=O)NCc2ccccc2Br)cc2nc(-c3ccco3)nn12. The van der Waals surface area contributed by atoms with E-state index in [9.17, 15) is 4.79 Å². The molecule has 0 spiro atoms. The second-order valence-electron chi connectivity index (χ2n) is 5.63. The molecule has 1 aromatic carbocycles. The van der Waals surface area contributed by atoms with Crippen molar-refractivity contribution in [3.05, 3.63) is 70.4 Å². The molecule has 0 aliphatic heterocycles. The molecule has 7 nitrogen and oxygen atoms in total. The molecule has 0 fully saturated rings. The van der Waals surface area contributed by atoms with Crippen LogP contribution in [0.2, 0.25) is 0 Å². The lowest BCUT2D eigenvalue weighted by Gasteiger charge is -2.08. The highest BCUT2D eigenvalue weighted by atomic mass is 79.9. The summed E-state index contributed by atoms with van der Waals surface area (Å²) in [6.07, 6.45) is 1.55. The normalized spacial score (nSPS) is 11.0. The minimum atomic E-state index is -0.238. The van der Waals surface area contributed by atoms with Gasteiger partial charge in [-0.25, -0.2) is 4.98 Å². The average molecular weight is 412 g/mol. The van der Waals surface area contributed by atoms with Gasteiger partial charge in [-0.3, -0.25) is 4.79 Å². The van der Waals surface area contributed by atoms with Crippen molar-refractivity contribution in [2.75, 3.05) is 5.73 Å². The number of aromatic nitrogens is 3. The van der Waals surface area contributed by atoms with E-state index in [-0.39, 0.29) is 5.91 Å². The number of anilines is 1. The number of nitrogen functional groups attached to an aromatic ring is 1. The quantitative estimate of drug-likeness (QED) is 0.536. The summed E-state index contributed by atoms with van der Waals surface area (Å²) in [6.45, 7) is 0.398. The summed E-state index contributed by atoms with van der Waals surface area (Å²) in [5.74, 6) is 1.02. The Morgan fingerprint density at radius 1 is 1.23 bits per heavy atom. The number of hydrogen-bond donors (Lipinski definition) is 2. The first-order valence-corrected chi connectivity index (χ1v) is 8.63. The van der Waals surface area contributed by atoms with Crippen molar-refractivity contribution < 1.29 is 9.21 Å². The van der Waals surface area contributed by atoms with Gasteiger partial charge in [0.25, 0.3) is 5.91 Å². The molecule has 3 N–H and O–H groups in total. The molecule has 0 bridgehead atoms. The third kappa shape index (κ3) is 3.06. The fraction of sp³-hybridized carbons (Fsp3) is 0.0556. The summed E-state index contributed by atoms with van der Waals surface area (Å²) < 4.78 is 7.72. The minimum Gasteiger partial charge on any atom is -0.461 e. The predicted molar refractivity (Wildman–Crippen MR) is 100 cm³/mol. The van der Waals surface area contributed by atoms with Gasteiger partial charge in [-0.2, -0.15) is 4.52 Å². The lowest BCUT2D eigenvalue weighted by Crippen LogP contribution is -2.23. The van der Waals surface area contributed by atoms with Gasteiger partial charge in [0.2, 0.25) is 5.82 Å². The van der Waals surface area contributed by atoms with Crippen LogP contribution in [-0.4, -0.2) is 20.5 Å². The van der Waals surface area contributed by atoms with E-state index in [1.54, 1.807) is 30.5 Å². The van der Waals surface area contributed by atoms with Crippen molar-refractivity contribution in [1.29, 1.82) is 0 Å². The number of nitrogens with one attached hydrogen (secondary N) is 1. The number of fused-ring (bicyclic) bond motifs is 1. The predicted octanol–water partition coefficient (Wildman–Crippen LogP) is 3.26. The van der Waals surface area contributed by atoms with E-state index in [1.165, 1.54) is 4.52 Å². The van der Waals surface area contributed by atoms with Crippen molar-refractivity contribution in [3.8, 4) is 11.6 Å². The number of halogens is 1. The molecular weight excluding hydrogens is 398 g/mol. The number of carbonyl (C=O) groups is 1.